The molecule has 3 aromatic heterocycles. The minimum atomic E-state index is -0.751. The van der Waals surface area contributed by atoms with Crippen molar-refractivity contribution in [1.82, 2.24) is 9.78 Å². The summed E-state index contributed by atoms with van der Waals surface area (Å²) in [5.74, 6) is -0.646. The average Bonchev–Trinajstić information content (AvgIpc) is 3.32. The van der Waals surface area contributed by atoms with Gasteiger partial charge in [-0.2, -0.15) is 9.94 Å². The van der Waals surface area contributed by atoms with Crippen molar-refractivity contribution in [1.29, 1.82) is 5.26 Å². The molecule has 0 N–H and O–H groups in total. The second kappa shape index (κ2) is 5.50. The Morgan fingerprint density at radius 1 is 1.38 bits per heavy atom. The molecule has 0 unspecified atom stereocenters. The number of nitrogens with zero attached hydrogens (tertiary/aromatic N) is 4. The Bertz CT molecular complexity index is 992. The van der Waals surface area contributed by atoms with Gasteiger partial charge in [0.05, 0.1) is 11.8 Å². The highest BCUT2D eigenvalue weighted by Gasteiger charge is 2.38. The first-order valence-electron chi connectivity index (χ1n) is 7.11. The van der Waals surface area contributed by atoms with E-state index < -0.39 is 11.8 Å². The van der Waals surface area contributed by atoms with Crippen LogP contribution < -0.4 is 10.7 Å². The summed E-state index contributed by atoms with van der Waals surface area (Å²) in [7, 11) is 0. The molecule has 8 nitrogen and oxygen atoms in total. The zero-order valence-corrected chi connectivity index (χ0v) is 13.0. The van der Waals surface area contributed by atoms with Gasteiger partial charge in [-0.25, -0.2) is 4.79 Å². The van der Waals surface area contributed by atoms with Crippen LogP contribution in [0.25, 0.3) is 11.7 Å². The Morgan fingerprint density at radius 2 is 2.25 bits per heavy atom. The van der Waals surface area contributed by atoms with E-state index in [-0.39, 0.29) is 11.8 Å². The lowest BCUT2D eigenvalue weighted by Gasteiger charge is -2.14. The number of anilines is 1. The molecule has 4 rings (SSSR count). The Hall–Kier alpha value is -3.12. The normalized spacial score (nSPS) is 17.4. The number of carbonyl (C=O) groups excluding carboxylic acids is 1. The number of furan rings is 1. The number of carbonyl (C=O) groups is 1. The molecule has 1 atom stereocenters. The summed E-state index contributed by atoms with van der Waals surface area (Å²) in [5, 5.41) is 15.5. The Labute approximate surface area is 139 Å². The molecule has 0 aliphatic carbocycles. The Morgan fingerprint density at radius 3 is 3.00 bits per heavy atom. The van der Waals surface area contributed by atoms with Crippen molar-refractivity contribution >= 4 is 22.2 Å². The van der Waals surface area contributed by atoms with Gasteiger partial charge in [-0.3, -0.25) is 4.79 Å². The van der Waals surface area contributed by atoms with Crippen LogP contribution >= 0.6 is 11.3 Å². The first-order chi connectivity index (χ1) is 11.7. The molecule has 0 saturated carbocycles. The monoisotopic (exact) mass is 342 g/mol. The van der Waals surface area contributed by atoms with E-state index in [4.69, 9.17) is 14.1 Å². The highest BCUT2D eigenvalue weighted by Crippen LogP contribution is 2.34. The van der Waals surface area contributed by atoms with E-state index in [9.17, 15) is 9.59 Å². The maximum atomic E-state index is 12.7. The molecule has 1 aliphatic rings. The minimum Gasteiger partial charge on any atom is -0.459 e. The summed E-state index contributed by atoms with van der Waals surface area (Å²) in [4.78, 5) is 26.3. The molecule has 0 spiro atoms. The van der Waals surface area contributed by atoms with Crippen LogP contribution in [-0.4, -0.2) is 22.2 Å². The molecule has 0 aromatic carbocycles. The largest absolute Gasteiger partial charge is 0.459 e. The third kappa shape index (κ3) is 2.16. The average molecular weight is 342 g/mol. The van der Waals surface area contributed by atoms with Gasteiger partial charge in [-0.1, -0.05) is 0 Å². The molecule has 3 aromatic rings. The van der Waals surface area contributed by atoms with Gasteiger partial charge in [0.2, 0.25) is 0 Å². The molecule has 1 aliphatic heterocycles. The van der Waals surface area contributed by atoms with Crippen LogP contribution in [0.4, 0.5) is 5.00 Å². The fraction of sp³-hybridized carbons (Fsp3) is 0.200. The van der Waals surface area contributed by atoms with Crippen LogP contribution in [0.15, 0.2) is 43.5 Å². The predicted octanol–water partition coefficient (Wildman–Crippen LogP) is 2.01. The van der Waals surface area contributed by atoms with E-state index in [0.29, 0.717) is 29.3 Å². The summed E-state index contributed by atoms with van der Waals surface area (Å²) in [6, 6.07) is 6.24. The molecule has 0 radical (unpaired) electrons. The second-order valence-corrected chi connectivity index (χ2v) is 6.04. The van der Waals surface area contributed by atoms with Crippen molar-refractivity contribution < 1.29 is 13.6 Å². The van der Waals surface area contributed by atoms with Gasteiger partial charge >= 0.3 is 5.76 Å². The van der Waals surface area contributed by atoms with Crippen LogP contribution in [0.3, 0.4) is 0 Å². The number of nitriles is 1. The SMILES string of the molecule is N#Cc1ccsc1N1CC[C@@H](n2nc(-c3ccco3)oc2=O)C1=O. The third-order valence-corrected chi connectivity index (χ3v) is 4.72. The maximum absolute atomic E-state index is 12.7. The van der Waals surface area contributed by atoms with Gasteiger partial charge in [0.15, 0.2) is 5.76 Å². The van der Waals surface area contributed by atoms with Crippen molar-refractivity contribution in [3.8, 4) is 17.7 Å². The lowest BCUT2D eigenvalue weighted by Crippen LogP contribution is -2.31. The van der Waals surface area contributed by atoms with Crippen LogP contribution in [0.1, 0.15) is 18.0 Å². The maximum Gasteiger partial charge on any atom is 0.438 e. The second-order valence-electron chi connectivity index (χ2n) is 5.14. The number of rotatable bonds is 3. The molecule has 9 heteroatoms. The lowest BCUT2D eigenvalue weighted by atomic mass is 10.2. The highest BCUT2D eigenvalue weighted by atomic mass is 32.1. The lowest BCUT2D eigenvalue weighted by molar-refractivity contribution is -0.120. The topological polar surface area (TPSA) is 105 Å². The van der Waals surface area contributed by atoms with E-state index in [0.717, 1.165) is 4.68 Å². The summed E-state index contributed by atoms with van der Waals surface area (Å²) < 4.78 is 11.3. The molecule has 1 amide bonds. The number of hydrogen-bond acceptors (Lipinski definition) is 7. The fourth-order valence-electron chi connectivity index (χ4n) is 2.67. The summed E-state index contributed by atoms with van der Waals surface area (Å²) in [6.07, 6.45) is 1.85. The van der Waals surface area contributed by atoms with Crippen molar-refractivity contribution in [3.05, 3.63) is 46.0 Å². The van der Waals surface area contributed by atoms with Gasteiger partial charge in [0.25, 0.3) is 11.8 Å². The highest BCUT2D eigenvalue weighted by molar-refractivity contribution is 7.14. The smallest absolute Gasteiger partial charge is 0.438 e. The van der Waals surface area contributed by atoms with Crippen molar-refractivity contribution in [2.45, 2.75) is 12.5 Å². The van der Waals surface area contributed by atoms with E-state index in [1.54, 1.807) is 23.6 Å². The van der Waals surface area contributed by atoms with Crippen LogP contribution in [0.2, 0.25) is 0 Å². The minimum absolute atomic E-state index is 0.0325. The van der Waals surface area contributed by atoms with Crippen molar-refractivity contribution in [3.63, 3.8) is 0 Å². The molecule has 1 fully saturated rings. The Balaban J connectivity index is 1.66. The molecule has 24 heavy (non-hydrogen) atoms. The number of amides is 1. The van der Waals surface area contributed by atoms with Gasteiger partial charge in [0, 0.05) is 6.54 Å². The number of thiophene rings is 1. The van der Waals surface area contributed by atoms with Crippen LogP contribution in [0.5, 0.6) is 0 Å². The summed E-state index contributed by atoms with van der Waals surface area (Å²) in [5.41, 5.74) is 0.442. The summed E-state index contributed by atoms with van der Waals surface area (Å²) in [6.45, 7) is 0.411. The molecule has 120 valence electrons. The van der Waals surface area contributed by atoms with Gasteiger partial charge in [-0.05, 0) is 30.0 Å². The van der Waals surface area contributed by atoms with E-state index in [1.165, 1.54) is 22.5 Å². The number of aromatic nitrogens is 2. The number of hydrogen-bond donors (Lipinski definition) is 0. The Kier molecular flexibility index (Phi) is 3.32. The van der Waals surface area contributed by atoms with E-state index in [1.807, 2.05) is 0 Å². The fourth-order valence-corrected chi connectivity index (χ4v) is 3.56. The molecular weight excluding hydrogens is 332 g/mol. The van der Waals surface area contributed by atoms with E-state index in [2.05, 4.69) is 11.2 Å². The van der Waals surface area contributed by atoms with Crippen molar-refractivity contribution in [2.75, 3.05) is 11.4 Å². The van der Waals surface area contributed by atoms with Crippen LogP contribution in [0, 0.1) is 11.3 Å². The van der Waals surface area contributed by atoms with E-state index >= 15 is 0 Å². The quantitative estimate of drug-likeness (QED) is 0.721. The molecule has 1 saturated heterocycles. The molecular formula is C15H10N4O4S. The van der Waals surface area contributed by atoms with Gasteiger partial charge in [-0.15, -0.1) is 16.4 Å². The predicted molar refractivity (Wildman–Crippen MR) is 83.5 cm³/mol. The standard InChI is InChI=1S/C15H10N4O4S/c16-8-9-4-7-24-14(9)18-5-3-10(13(18)20)19-15(21)23-12(17-19)11-2-1-6-22-11/h1-2,4,6-7,10H,3,5H2/t10-/m1/s1. The van der Waals surface area contributed by atoms with Gasteiger partial charge in [0.1, 0.15) is 17.1 Å². The first kappa shape index (κ1) is 14.5. The van der Waals surface area contributed by atoms with Crippen LogP contribution in [-0.2, 0) is 4.79 Å². The summed E-state index contributed by atoms with van der Waals surface area (Å²) >= 11 is 1.32. The first-order valence-corrected chi connectivity index (χ1v) is 7.99. The third-order valence-electron chi connectivity index (χ3n) is 3.78. The van der Waals surface area contributed by atoms with Crippen molar-refractivity contribution in [2.24, 2.45) is 0 Å². The zero-order chi connectivity index (χ0) is 16.7. The molecule has 0 bridgehead atoms. The zero-order valence-electron chi connectivity index (χ0n) is 12.2. The molecule has 4 heterocycles. The van der Waals surface area contributed by atoms with Gasteiger partial charge < -0.3 is 13.7 Å².